The molecule has 1 saturated heterocycles. The number of halogens is 1. The van der Waals surface area contributed by atoms with Crippen molar-refractivity contribution in [3.05, 3.63) is 76.2 Å². The van der Waals surface area contributed by atoms with Gasteiger partial charge in [0.15, 0.2) is 17.3 Å². The summed E-state index contributed by atoms with van der Waals surface area (Å²) < 4.78 is 0.352. The lowest BCUT2D eigenvalue weighted by Crippen LogP contribution is -2.48. The number of nitrogens with zero attached hydrogens (tertiary/aromatic N) is 4. The average molecular weight is 525 g/mol. The van der Waals surface area contributed by atoms with E-state index in [0.717, 1.165) is 0 Å². The monoisotopic (exact) mass is 524 g/mol. The third-order valence-corrected chi connectivity index (χ3v) is 5.80. The Balaban J connectivity index is 1.68. The molecule has 1 fully saturated rings. The highest BCUT2D eigenvalue weighted by molar-refractivity contribution is 9.10. The van der Waals surface area contributed by atoms with Gasteiger partial charge in [-0.3, -0.25) is 9.59 Å². The van der Waals surface area contributed by atoms with E-state index in [0.29, 0.717) is 53.3 Å². The largest absolute Gasteiger partial charge is 0.465 e. The van der Waals surface area contributed by atoms with Crippen LogP contribution >= 0.6 is 15.9 Å². The molecule has 174 valence electrons. The number of benzene rings is 2. The van der Waals surface area contributed by atoms with Crippen LogP contribution in [0.3, 0.4) is 0 Å². The van der Waals surface area contributed by atoms with Gasteiger partial charge in [-0.1, -0.05) is 30.3 Å². The van der Waals surface area contributed by atoms with Crippen LogP contribution in [0.2, 0.25) is 0 Å². The molecule has 1 aromatic heterocycles. The molecule has 0 unspecified atom stereocenters. The van der Waals surface area contributed by atoms with E-state index in [2.05, 4.69) is 31.2 Å². The highest BCUT2D eigenvalue weighted by Crippen LogP contribution is 2.30. The number of nitrogen functional groups attached to an aromatic ring is 1. The van der Waals surface area contributed by atoms with E-state index in [-0.39, 0.29) is 17.3 Å². The lowest BCUT2D eigenvalue weighted by Gasteiger charge is -2.35. The Kier molecular flexibility index (Phi) is 6.73. The molecule has 0 radical (unpaired) electrons. The normalized spacial score (nSPS) is 13.4. The van der Waals surface area contributed by atoms with Gasteiger partial charge in [-0.25, -0.2) is 14.8 Å². The Morgan fingerprint density at radius 1 is 1.00 bits per heavy atom. The summed E-state index contributed by atoms with van der Waals surface area (Å²) in [6.45, 7) is 1.49. The van der Waals surface area contributed by atoms with Crippen molar-refractivity contribution < 1.29 is 19.5 Å². The average Bonchev–Trinajstić information content (AvgIpc) is 2.85. The minimum absolute atomic E-state index is 0.0335. The molecule has 2 aromatic carbocycles. The fourth-order valence-corrected chi connectivity index (χ4v) is 3.95. The van der Waals surface area contributed by atoms with Gasteiger partial charge < -0.3 is 26.0 Å². The topological polar surface area (TPSA) is 142 Å². The Labute approximate surface area is 203 Å². The molecule has 0 saturated carbocycles. The Bertz CT molecular complexity index is 1250. The van der Waals surface area contributed by atoms with Crippen molar-refractivity contribution in [1.29, 1.82) is 0 Å². The fraction of sp³-hybridized carbons (Fsp3) is 0.174. The van der Waals surface area contributed by atoms with Crippen LogP contribution in [0.1, 0.15) is 26.4 Å². The second-order valence-corrected chi connectivity index (χ2v) is 8.38. The van der Waals surface area contributed by atoms with Crippen LogP contribution < -0.4 is 16.0 Å². The van der Waals surface area contributed by atoms with E-state index in [1.807, 2.05) is 11.0 Å². The fourth-order valence-electron chi connectivity index (χ4n) is 3.67. The van der Waals surface area contributed by atoms with Gasteiger partial charge in [0.25, 0.3) is 5.91 Å². The number of hydrogen-bond acceptors (Lipinski definition) is 7. The van der Waals surface area contributed by atoms with Crippen LogP contribution in [-0.4, -0.2) is 63.9 Å². The van der Waals surface area contributed by atoms with Crippen molar-refractivity contribution in [3.8, 4) is 0 Å². The quantitative estimate of drug-likeness (QED) is 0.432. The number of carbonyl (C=O) groups is 3. The van der Waals surface area contributed by atoms with Crippen molar-refractivity contribution in [3.63, 3.8) is 0 Å². The molecule has 0 bridgehead atoms. The maximum absolute atomic E-state index is 13.0. The number of aromatic nitrogens is 2. The molecule has 1 aliphatic rings. The maximum Gasteiger partial charge on any atom is 0.407 e. The first-order valence-corrected chi connectivity index (χ1v) is 11.2. The highest BCUT2D eigenvalue weighted by Gasteiger charge is 2.24. The zero-order valence-electron chi connectivity index (χ0n) is 17.9. The minimum atomic E-state index is -0.972. The van der Waals surface area contributed by atoms with E-state index < -0.39 is 12.0 Å². The van der Waals surface area contributed by atoms with Crippen LogP contribution in [0.15, 0.2) is 59.3 Å². The summed E-state index contributed by atoms with van der Waals surface area (Å²) in [7, 11) is 0. The number of carbonyl (C=O) groups excluding carboxylic acids is 2. The second kappa shape index (κ2) is 9.87. The molecule has 0 atom stereocenters. The molecule has 11 heteroatoms. The van der Waals surface area contributed by atoms with Gasteiger partial charge in [-0.15, -0.1) is 0 Å². The Morgan fingerprint density at radius 3 is 2.38 bits per heavy atom. The molecule has 4 N–H and O–H groups in total. The zero-order valence-corrected chi connectivity index (χ0v) is 19.5. The number of nitrogens with two attached hydrogens (primary N) is 1. The number of nitrogens with one attached hydrogen (secondary N) is 1. The predicted octanol–water partition coefficient (Wildman–Crippen LogP) is 3.10. The SMILES string of the molecule is Nc1ncc(Br)nc1C(=O)Nc1cc(C(=O)c2ccccc2)ccc1N1CCN(C(=O)O)CC1. The number of carboxylic acid groups (broad SMARTS) is 1. The molecular formula is C23H21BrN6O4. The summed E-state index contributed by atoms with van der Waals surface area (Å²) >= 11 is 3.19. The van der Waals surface area contributed by atoms with Gasteiger partial charge in [0, 0.05) is 37.3 Å². The molecule has 0 spiro atoms. The number of amides is 2. The van der Waals surface area contributed by atoms with Crippen LogP contribution in [0, 0.1) is 0 Å². The summed E-state index contributed by atoms with van der Waals surface area (Å²) in [6.07, 6.45) is 0.416. The van der Waals surface area contributed by atoms with E-state index in [1.54, 1.807) is 42.5 Å². The van der Waals surface area contributed by atoms with E-state index in [9.17, 15) is 19.5 Å². The van der Waals surface area contributed by atoms with E-state index >= 15 is 0 Å². The number of hydrogen-bond donors (Lipinski definition) is 3. The van der Waals surface area contributed by atoms with E-state index in [1.165, 1.54) is 11.1 Å². The van der Waals surface area contributed by atoms with Gasteiger partial charge in [-0.05, 0) is 34.1 Å². The molecular weight excluding hydrogens is 504 g/mol. The smallest absolute Gasteiger partial charge is 0.407 e. The number of piperazine rings is 1. The predicted molar refractivity (Wildman–Crippen MR) is 130 cm³/mol. The summed E-state index contributed by atoms with van der Waals surface area (Å²) in [5.74, 6) is -0.810. The van der Waals surface area contributed by atoms with Crippen LogP contribution in [0.5, 0.6) is 0 Å². The van der Waals surface area contributed by atoms with Crippen molar-refractivity contribution in [1.82, 2.24) is 14.9 Å². The maximum atomic E-state index is 13.0. The van der Waals surface area contributed by atoms with Crippen LogP contribution in [0.4, 0.5) is 22.0 Å². The van der Waals surface area contributed by atoms with Crippen molar-refractivity contribution in [2.45, 2.75) is 0 Å². The first kappa shape index (κ1) is 23.2. The lowest BCUT2D eigenvalue weighted by atomic mass is 10.0. The molecule has 3 aromatic rings. The standard InChI is InChI=1S/C23H21BrN6O4/c24-18-13-26-21(25)19(28-18)22(32)27-16-12-15(20(31)14-4-2-1-3-5-14)6-7-17(16)29-8-10-30(11-9-29)23(33)34/h1-7,12-13H,8-11H2,(H2,25,26)(H,27,32)(H,33,34). The van der Waals surface area contributed by atoms with Gasteiger partial charge in [-0.2, -0.15) is 0 Å². The summed E-state index contributed by atoms with van der Waals surface area (Å²) in [4.78, 5) is 48.6. The first-order chi connectivity index (χ1) is 16.3. The molecule has 0 aliphatic carbocycles. The third kappa shape index (κ3) is 4.99. The molecule has 4 rings (SSSR count). The Morgan fingerprint density at radius 2 is 1.71 bits per heavy atom. The van der Waals surface area contributed by atoms with Gasteiger partial charge in [0.2, 0.25) is 0 Å². The molecule has 34 heavy (non-hydrogen) atoms. The molecule has 1 aliphatic heterocycles. The molecule has 10 nitrogen and oxygen atoms in total. The molecule has 2 heterocycles. The van der Waals surface area contributed by atoms with Gasteiger partial charge in [0.05, 0.1) is 17.6 Å². The van der Waals surface area contributed by atoms with Crippen molar-refractivity contribution in [2.24, 2.45) is 0 Å². The van der Waals surface area contributed by atoms with Crippen molar-refractivity contribution >= 4 is 50.9 Å². The number of ketones is 1. The second-order valence-electron chi connectivity index (χ2n) is 7.56. The highest BCUT2D eigenvalue weighted by atomic mass is 79.9. The van der Waals surface area contributed by atoms with Gasteiger partial charge >= 0.3 is 6.09 Å². The Hall–Kier alpha value is -3.99. The molecule has 2 amide bonds. The van der Waals surface area contributed by atoms with Crippen LogP contribution in [-0.2, 0) is 0 Å². The van der Waals surface area contributed by atoms with Gasteiger partial charge in [0.1, 0.15) is 4.60 Å². The number of rotatable bonds is 5. The first-order valence-electron chi connectivity index (χ1n) is 10.4. The zero-order chi connectivity index (χ0) is 24.2. The van der Waals surface area contributed by atoms with Crippen LogP contribution in [0.25, 0.3) is 0 Å². The summed E-state index contributed by atoms with van der Waals surface area (Å²) in [6, 6.07) is 13.9. The summed E-state index contributed by atoms with van der Waals surface area (Å²) in [5.41, 5.74) is 7.73. The third-order valence-electron chi connectivity index (χ3n) is 5.42. The lowest BCUT2D eigenvalue weighted by molar-refractivity contribution is 0.101. The van der Waals surface area contributed by atoms with E-state index in [4.69, 9.17) is 5.73 Å². The minimum Gasteiger partial charge on any atom is -0.465 e. The summed E-state index contributed by atoms with van der Waals surface area (Å²) in [5, 5.41) is 12.0. The van der Waals surface area contributed by atoms with Crippen molar-refractivity contribution in [2.75, 3.05) is 42.1 Å². The number of anilines is 3.